The van der Waals surface area contributed by atoms with E-state index in [0.717, 1.165) is 16.7 Å². The summed E-state index contributed by atoms with van der Waals surface area (Å²) in [6.07, 6.45) is 1.79. The highest BCUT2D eigenvalue weighted by atomic mass is 16.7. The van der Waals surface area contributed by atoms with Crippen molar-refractivity contribution in [3.8, 4) is 17.2 Å². The van der Waals surface area contributed by atoms with Crippen molar-refractivity contribution in [3.05, 3.63) is 77.6 Å². The van der Waals surface area contributed by atoms with Crippen LogP contribution < -0.4 is 14.8 Å². The van der Waals surface area contributed by atoms with Crippen molar-refractivity contribution < 1.29 is 14.3 Å². The van der Waals surface area contributed by atoms with Crippen molar-refractivity contribution in [3.63, 3.8) is 0 Å². The fourth-order valence-electron chi connectivity index (χ4n) is 3.60. The summed E-state index contributed by atoms with van der Waals surface area (Å²) < 4.78 is 12.7. The van der Waals surface area contributed by atoms with Crippen molar-refractivity contribution in [2.75, 3.05) is 12.1 Å². The molecule has 0 spiro atoms. The number of nitrogens with one attached hydrogen (secondary N) is 1. The van der Waals surface area contributed by atoms with Crippen molar-refractivity contribution in [1.82, 2.24) is 9.55 Å². The number of amides is 1. The molecule has 1 N–H and O–H groups in total. The largest absolute Gasteiger partial charge is 0.454 e. The maximum absolute atomic E-state index is 12.7. The van der Waals surface area contributed by atoms with Crippen LogP contribution in [-0.4, -0.2) is 22.3 Å². The minimum absolute atomic E-state index is 0.201. The summed E-state index contributed by atoms with van der Waals surface area (Å²) in [5.41, 5.74) is 6.39. The number of benzene rings is 3. The monoisotopic (exact) mass is 385 g/mol. The number of rotatable bonds is 3. The van der Waals surface area contributed by atoms with E-state index in [9.17, 15) is 4.79 Å². The summed E-state index contributed by atoms with van der Waals surface area (Å²) in [5.74, 6) is 1.11. The molecule has 0 radical (unpaired) electrons. The number of fused-ring (bicyclic) bond motifs is 2. The van der Waals surface area contributed by atoms with Gasteiger partial charge in [-0.25, -0.2) is 4.98 Å². The Morgan fingerprint density at radius 3 is 2.72 bits per heavy atom. The fourth-order valence-corrected chi connectivity index (χ4v) is 3.60. The minimum Gasteiger partial charge on any atom is -0.454 e. The number of carbonyl (C=O) groups is 1. The van der Waals surface area contributed by atoms with E-state index in [0.29, 0.717) is 22.7 Å². The number of hydrogen-bond acceptors (Lipinski definition) is 4. The minimum atomic E-state index is -0.202. The van der Waals surface area contributed by atoms with E-state index in [1.165, 1.54) is 11.1 Å². The highest BCUT2D eigenvalue weighted by molar-refractivity contribution is 6.06. The first-order chi connectivity index (χ1) is 14.1. The molecular formula is C23H19N3O3. The van der Waals surface area contributed by atoms with Crippen LogP contribution in [0.4, 0.5) is 5.69 Å². The first kappa shape index (κ1) is 17.3. The highest BCUT2D eigenvalue weighted by Crippen LogP contribution is 2.34. The van der Waals surface area contributed by atoms with Crippen LogP contribution in [0.25, 0.3) is 16.7 Å². The van der Waals surface area contributed by atoms with E-state index in [4.69, 9.17) is 9.47 Å². The summed E-state index contributed by atoms with van der Waals surface area (Å²) in [4.78, 5) is 17.2. The maximum Gasteiger partial charge on any atom is 0.255 e. The second-order valence-corrected chi connectivity index (χ2v) is 7.13. The Hall–Kier alpha value is -3.80. The molecule has 6 heteroatoms. The normalized spacial score (nSPS) is 12.3. The molecule has 1 aliphatic rings. The zero-order valence-electron chi connectivity index (χ0n) is 16.1. The lowest BCUT2D eigenvalue weighted by Crippen LogP contribution is -2.11. The Labute approximate surface area is 167 Å². The van der Waals surface area contributed by atoms with Crippen molar-refractivity contribution in [2.24, 2.45) is 0 Å². The highest BCUT2D eigenvalue weighted by Gasteiger charge is 2.15. The zero-order chi connectivity index (χ0) is 20.0. The molecular weight excluding hydrogens is 366 g/mol. The van der Waals surface area contributed by atoms with Crippen LogP contribution in [0.3, 0.4) is 0 Å². The number of carbonyl (C=O) groups excluding carboxylic acids is 1. The van der Waals surface area contributed by atoms with Crippen LogP contribution >= 0.6 is 0 Å². The quantitative estimate of drug-likeness (QED) is 0.559. The summed E-state index contributed by atoms with van der Waals surface area (Å²) in [7, 11) is 0. The molecule has 0 saturated carbocycles. The van der Waals surface area contributed by atoms with Gasteiger partial charge in [0.25, 0.3) is 5.91 Å². The van der Waals surface area contributed by atoms with Crippen LogP contribution in [-0.2, 0) is 0 Å². The lowest BCUT2D eigenvalue weighted by Gasteiger charge is -2.10. The molecule has 0 atom stereocenters. The fraction of sp³-hybridized carbons (Fsp3) is 0.130. The van der Waals surface area contributed by atoms with Gasteiger partial charge in [-0.2, -0.15) is 0 Å². The van der Waals surface area contributed by atoms with Gasteiger partial charge in [-0.3, -0.25) is 9.36 Å². The average Bonchev–Trinajstić information content (AvgIpc) is 3.34. The van der Waals surface area contributed by atoms with Crippen LogP contribution in [0.1, 0.15) is 21.5 Å². The maximum atomic E-state index is 12.7. The van der Waals surface area contributed by atoms with Crippen molar-refractivity contribution in [2.45, 2.75) is 13.8 Å². The van der Waals surface area contributed by atoms with Gasteiger partial charge in [0.15, 0.2) is 11.5 Å². The lowest BCUT2D eigenvalue weighted by molar-refractivity contribution is 0.102. The molecule has 0 fully saturated rings. The molecule has 4 aromatic rings. The summed E-state index contributed by atoms with van der Waals surface area (Å²) in [6.45, 7) is 4.36. The van der Waals surface area contributed by atoms with Crippen LogP contribution in [0.5, 0.6) is 11.5 Å². The van der Waals surface area contributed by atoms with Crippen LogP contribution in [0, 0.1) is 13.8 Å². The molecule has 5 rings (SSSR count). The topological polar surface area (TPSA) is 65.4 Å². The Morgan fingerprint density at radius 2 is 1.86 bits per heavy atom. The van der Waals surface area contributed by atoms with Gasteiger partial charge in [0.1, 0.15) is 6.33 Å². The SMILES string of the molecule is Cc1ccc(-n2cnc3cc(C(=O)Nc4ccc5c(c4)OCO5)ccc32)c(C)c1. The first-order valence-corrected chi connectivity index (χ1v) is 9.34. The number of anilines is 1. The number of ether oxygens (including phenoxy) is 2. The molecule has 1 amide bonds. The molecule has 1 aliphatic heterocycles. The van der Waals surface area contributed by atoms with Gasteiger partial charge >= 0.3 is 0 Å². The second-order valence-electron chi connectivity index (χ2n) is 7.13. The van der Waals surface area contributed by atoms with Gasteiger partial charge in [-0.15, -0.1) is 0 Å². The molecule has 0 saturated heterocycles. The lowest BCUT2D eigenvalue weighted by atomic mass is 10.1. The number of aromatic nitrogens is 2. The Kier molecular flexibility index (Phi) is 3.98. The molecule has 0 aliphatic carbocycles. The predicted octanol–water partition coefficient (Wildman–Crippen LogP) is 4.62. The molecule has 0 unspecified atom stereocenters. The van der Waals surface area contributed by atoms with Crippen LogP contribution in [0.15, 0.2) is 60.9 Å². The molecule has 29 heavy (non-hydrogen) atoms. The van der Waals surface area contributed by atoms with Gasteiger partial charge in [0.05, 0.1) is 16.7 Å². The smallest absolute Gasteiger partial charge is 0.255 e. The third-order valence-corrected chi connectivity index (χ3v) is 5.05. The summed E-state index contributed by atoms with van der Waals surface area (Å²) in [5, 5.41) is 2.90. The van der Waals surface area contributed by atoms with E-state index in [1.54, 1.807) is 30.6 Å². The zero-order valence-corrected chi connectivity index (χ0v) is 16.1. The number of nitrogens with zero attached hydrogens (tertiary/aromatic N) is 2. The standard InChI is InChI=1S/C23H19N3O3/c1-14-3-6-19(15(2)9-14)26-12-24-18-10-16(4-7-20(18)26)23(27)25-17-5-8-21-22(11-17)29-13-28-21/h3-12H,13H2,1-2H3,(H,25,27). The van der Waals surface area contributed by atoms with Crippen molar-refractivity contribution >= 4 is 22.6 Å². The Bertz CT molecular complexity index is 1260. The average molecular weight is 385 g/mol. The van der Waals surface area contributed by atoms with E-state index in [1.807, 2.05) is 16.7 Å². The summed E-state index contributed by atoms with van der Waals surface area (Å²) >= 11 is 0. The summed E-state index contributed by atoms with van der Waals surface area (Å²) in [6, 6.07) is 17.2. The van der Waals surface area contributed by atoms with Gasteiger partial charge in [-0.1, -0.05) is 17.7 Å². The van der Waals surface area contributed by atoms with E-state index < -0.39 is 0 Å². The van der Waals surface area contributed by atoms with E-state index in [-0.39, 0.29) is 12.7 Å². The number of hydrogen-bond donors (Lipinski definition) is 1. The molecule has 3 aromatic carbocycles. The van der Waals surface area contributed by atoms with Gasteiger partial charge in [-0.05, 0) is 55.8 Å². The third-order valence-electron chi connectivity index (χ3n) is 5.05. The van der Waals surface area contributed by atoms with Crippen LogP contribution in [0.2, 0.25) is 0 Å². The first-order valence-electron chi connectivity index (χ1n) is 9.34. The molecule has 0 bridgehead atoms. The number of aryl methyl sites for hydroxylation is 2. The molecule has 144 valence electrons. The van der Waals surface area contributed by atoms with E-state index in [2.05, 4.69) is 42.3 Å². The Morgan fingerprint density at radius 1 is 1.00 bits per heavy atom. The van der Waals surface area contributed by atoms with E-state index >= 15 is 0 Å². The second kappa shape index (κ2) is 6.67. The predicted molar refractivity (Wildman–Crippen MR) is 111 cm³/mol. The number of imidazole rings is 1. The molecule has 1 aromatic heterocycles. The van der Waals surface area contributed by atoms with Gasteiger partial charge in [0.2, 0.25) is 6.79 Å². The third kappa shape index (κ3) is 3.08. The van der Waals surface area contributed by atoms with Crippen molar-refractivity contribution in [1.29, 1.82) is 0 Å². The Balaban J connectivity index is 1.44. The van der Waals surface area contributed by atoms with Gasteiger partial charge < -0.3 is 14.8 Å². The molecule has 6 nitrogen and oxygen atoms in total. The van der Waals surface area contributed by atoms with Gasteiger partial charge in [0, 0.05) is 17.3 Å². The molecule has 2 heterocycles.